The summed E-state index contributed by atoms with van der Waals surface area (Å²) in [5, 5.41) is 0. The number of benzene rings is 1. The molecule has 1 aliphatic carbocycles. The molecule has 0 aromatic heterocycles. The number of halogens is 2. The Morgan fingerprint density at radius 3 is 2.50 bits per heavy atom. The summed E-state index contributed by atoms with van der Waals surface area (Å²) >= 11 is 0. The highest BCUT2D eigenvalue weighted by atomic mass is 19.1. The standard InChI is InChI=1S/C12H15F2NO/c1-16-12(5-2-6-12)11(15)9-4-3-8(13)7-10(9)14/h3-4,7,11H,2,5-6,15H2,1H3. The summed E-state index contributed by atoms with van der Waals surface area (Å²) in [6.45, 7) is 0. The van der Waals surface area contributed by atoms with Crippen molar-refractivity contribution in [2.45, 2.75) is 30.9 Å². The van der Waals surface area contributed by atoms with Crippen LogP contribution >= 0.6 is 0 Å². The second-order valence-electron chi connectivity index (χ2n) is 4.27. The van der Waals surface area contributed by atoms with Crippen LogP contribution < -0.4 is 5.73 Å². The summed E-state index contributed by atoms with van der Waals surface area (Å²) in [5.41, 5.74) is 5.86. The highest BCUT2D eigenvalue weighted by Gasteiger charge is 2.44. The van der Waals surface area contributed by atoms with Gasteiger partial charge in [0.15, 0.2) is 0 Å². The molecule has 2 rings (SSSR count). The first kappa shape index (κ1) is 11.5. The fourth-order valence-electron chi connectivity index (χ4n) is 2.20. The minimum atomic E-state index is -0.601. The Kier molecular flexibility index (Phi) is 2.95. The van der Waals surface area contributed by atoms with Crippen LogP contribution in [0.15, 0.2) is 18.2 Å². The van der Waals surface area contributed by atoms with Crippen molar-refractivity contribution in [1.82, 2.24) is 0 Å². The molecular formula is C12H15F2NO. The molecule has 1 fully saturated rings. The number of nitrogens with two attached hydrogens (primary N) is 1. The molecule has 2 nitrogen and oxygen atoms in total. The smallest absolute Gasteiger partial charge is 0.130 e. The van der Waals surface area contributed by atoms with Crippen LogP contribution in [0, 0.1) is 11.6 Å². The van der Waals surface area contributed by atoms with E-state index >= 15 is 0 Å². The monoisotopic (exact) mass is 227 g/mol. The fraction of sp³-hybridized carbons (Fsp3) is 0.500. The summed E-state index contributed by atoms with van der Waals surface area (Å²) < 4.78 is 31.7. The first-order valence-electron chi connectivity index (χ1n) is 5.35. The molecule has 1 aromatic carbocycles. The quantitative estimate of drug-likeness (QED) is 0.861. The largest absolute Gasteiger partial charge is 0.376 e. The van der Waals surface area contributed by atoms with Gasteiger partial charge in [0.2, 0.25) is 0 Å². The van der Waals surface area contributed by atoms with Crippen LogP contribution in [-0.4, -0.2) is 12.7 Å². The lowest BCUT2D eigenvalue weighted by molar-refractivity contribution is -0.0917. The highest BCUT2D eigenvalue weighted by Crippen LogP contribution is 2.44. The summed E-state index contributed by atoms with van der Waals surface area (Å²) in [5.74, 6) is -1.19. The zero-order valence-corrected chi connectivity index (χ0v) is 9.17. The van der Waals surface area contributed by atoms with E-state index in [1.807, 2.05) is 0 Å². The first-order chi connectivity index (χ1) is 7.59. The van der Waals surface area contributed by atoms with Crippen molar-refractivity contribution in [2.75, 3.05) is 7.11 Å². The van der Waals surface area contributed by atoms with E-state index in [0.717, 1.165) is 25.3 Å². The summed E-state index contributed by atoms with van der Waals surface area (Å²) in [6.07, 6.45) is 2.67. The zero-order chi connectivity index (χ0) is 11.8. The molecule has 0 heterocycles. The average molecular weight is 227 g/mol. The van der Waals surface area contributed by atoms with Gasteiger partial charge in [-0.2, -0.15) is 0 Å². The van der Waals surface area contributed by atoms with Crippen LogP contribution in [0.3, 0.4) is 0 Å². The van der Waals surface area contributed by atoms with E-state index in [1.165, 1.54) is 12.1 Å². The molecule has 88 valence electrons. The Labute approximate surface area is 93.4 Å². The summed E-state index contributed by atoms with van der Waals surface area (Å²) in [7, 11) is 1.58. The maximum Gasteiger partial charge on any atom is 0.130 e. The molecule has 0 radical (unpaired) electrons. The Hall–Kier alpha value is -1.00. The van der Waals surface area contributed by atoms with Crippen LogP contribution in [0.25, 0.3) is 0 Å². The van der Waals surface area contributed by atoms with Gasteiger partial charge < -0.3 is 10.5 Å². The second kappa shape index (κ2) is 4.11. The van der Waals surface area contributed by atoms with Crippen LogP contribution in [0.1, 0.15) is 30.9 Å². The molecule has 1 saturated carbocycles. The number of rotatable bonds is 3. The Morgan fingerprint density at radius 1 is 1.38 bits per heavy atom. The van der Waals surface area contributed by atoms with Crippen molar-refractivity contribution in [3.63, 3.8) is 0 Å². The number of methoxy groups -OCH3 is 1. The van der Waals surface area contributed by atoms with Crippen molar-refractivity contribution in [3.8, 4) is 0 Å². The van der Waals surface area contributed by atoms with Gasteiger partial charge in [-0.25, -0.2) is 8.78 Å². The van der Waals surface area contributed by atoms with Gasteiger partial charge in [-0.1, -0.05) is 6.07 Å². The average Bonchev–Trinajstić information content (AvgIpc) is 2.16. The summed E-state index contributed by atoms with van der Waals surface area (Å²) in [4.78, 5) is 0. The minimum Gasteiger partial charge on any atom is -0.376 e. The third-order valence-corrected chi connectivity index (χ3v) is 3.47. The topological polar surface area (TPSA) is 35.2 Å². The molecule has 16 heavy (non-hydrogen) atoms. The molecule has 1 aromatic rings. The molecule has 0 aliphatic heterocycles. The Morgan fingerprint density at radius 2 is 2.06 bits per heavy atom. The van der Waals surface area contributed by atoms with E-state index in [2.05, 4.69) is 0 Å². The van der Waals surface area contributed by atoms with E-state index in [1.54, 1.807) is 7.11 Å². The maximum atomic E-state index is 13.6. The van der Waals surface area contributed by atoms with E-state index in [9.17, 15) is 8.78 Å². The van der Waals surface area contributed by atoms with Crippen molar-refractivity contribution in [2.24, 2.45) is 5.73 Å². The Bertz CT molecular complexity index is 385. The van der Waals surface area contributed by atoms with Crippen LogP contribution in [-0.2, 0) is 4.74 Å². The van der Waals surface area contributed by atoms with Crippen LogP contribution in [0.5, 0.6) is 0 Å². The molecule has 4 heteroatoms. The van der Waals surface area contributed by atoms with Crippen molar-refractivity contribution in [1.29, 1.82) is 0 Å². The van der Waals surface area contributed by atoms with Crippen molar-refractivity contribution in [3.05, 3.63) is 35.4 Å². The SMILES string of the molecule is COC1(C(N)c2ccc(F)cc2F)CCC1. The predicted molar refractivity (Wildman–Crippen MR) is 56.9 cm³/mol. The van der Waals surface area contributed by atoms with E-state index < -0.39 is 23.3 Å². The van der Waals surface area contributed by atoms with Gasteiger partial charge >= 0.3 is 0 Å². The maximum absolute atomic E-state index is 13.6. The molecule has 1 unspecified atom stereocenters. The fourth-order valence-corrected chi connectivity index (χ4v) is 2.20. The molecular weight excluding hydrogens is 212 g/mol. The Balaban J connectivity index is 2.29. The normalized spacial score (nSPS) is 20.2. The van der Waals surface area contributed by atoms with Gasteiger partial charge in [-0.05, 0) is 25.3 Å². The van der Waals surface area contributed by atoms with Gasteiger partial charge in [0.25, 0.3) is 0 Å². The molecule has 1 atom stereocenters. The van der Waals surface area contributed by atoms with Gasteiger partial charge in [-0.15, -0.1) is 0 Å². The molecule has 2 N–H and O–H groups in total. The van der Waals surface area contributed by atoms with E-state index in [-0.39, 0.29) is 0 Å². The molecule has 0 amide bonds. The molecule has 1 aliphatic rings. The van der Waals surface area contributed by atoms with Gasteiger partial charge in [0.05, 0.1) is 11.6 Å². The molecule has 0 bridgehead atoms. The lowest BCUT2D eigenvalue weighted by Crippen LogP contribution is -2.48. The minimum absolute atomic E-state index is 0.322. The van der Waals surface area contributed by atoms with Crippen LogP contribution in [0.2, 0.25) is 0 Å². The van der Waals surface area contributed by atoms with Crippen molar-refractivity contribution < 1.29 is 13.5 Å². The van der Waals surface area contributed by atoms with Gasteiger partial charge in [0.1, 0.15) is 11.6 Å². The van der Waals surface area contributed by atoms with Gasteiger partial charge in [0, 0.05) is 18.7 Å². The first-order valence-corrected chi connectivity index (χ1v) is 5.35. The number of hydrogen-bond acceptors (Lipinski definition) is 2. The van der Waals surface area contributed by atoms with Crippen molar-refractivity contribution >= 4 is 0 Å². The number of ether oxygens (including phenoxy) is 1. The zero-order valence-electron chi connectivity index (χ0n) is 9.17. The third kappa shape index (κ3) is 1.72. The lowest BCUT2D eigenvalue weighted by atomic mass is 9.72. The summed E-state index contributed by atoms with van der Waals surface area (Å²) in [6, 6.07) is 2.94. The van der Waals surface area contributed by atoms with E-state index in [4.69, 9.17) is 10.5 Å². The molecule has 0 saturated heterocycles. The van der Waals surface area contributed by atoms with E-state index in [0.29, 0.717) is 5.56 Å². The predicted octanol–water partition coefficient (Wildman–Crippen LogP) is 2.53. The highest BCUT2D eigenvalue weighted by molar-refractivity contribution is 5.25. The lowest BCUT2D eigenvalue weighted by Gasteiger charge is -2.45. The van der Waals surface area contributed by atoms with Gasteiger partial charge in [-0.3, -0.25) is 0 Å². The molecule has 0 spiro atoms. The number of hydrogen-bond donors (Lipinski definition) is 1. The van der Waals surface area contributed by atoms with Crippen LogP contribution in [0.4, 0.5) is 8.78 Å². The second-order valence-corrected chi connectivity index (χ2v) is 4.27. The third-order valence-electron chi connectivity index (χ3n) is 3.47.